The number of fused-ring (bicyclic) bond motifs is 1. The summed E-state index contributed by atoms with van der Waals surface area (Å²) in [5.41, 5.74) is 1.03. The minimum atomic E-state index is -3.56. The van der Waals surface area contributed by atoms with Gasteiger partial charge in [0.15, 0.2) is 0 Å². The molecule has 1 aliphatic rings. The van der Waals surface area contributed by atoms with E-state index in [-0.39, 0.29) is 16.6 Å². The van der Waals surface area contributed by atoms with Crippen molar-refractivity contribution in [1.82, 2.24) is 9.29 Å². The van der Waals surface area contributed by atoms with Crippen LogP contribution in [-0.4, -0.2) is 44.0 Å². The lowest BCUT2D eigenvalue weighted by Crippen LogP contribution is -2.42. The van der Waals surface area contributed by atoms with Crippen LogP contribution in [0, 0.1) is 6.92 Å². The largest absolute Gasteiger partial charge is 0.380 e. The highest BCUT2D eigenvalue weighted by Gasteiger charge is 2.30. The highest BCUT2D eigenvalue weighted by molar-refractivity contribution is 7.89. The Morgan fingerprint density at radius 2 is 2.09 bits per heavy atom. The maximum absolute atomic E-state index is 12.8. The first kappa shape index (κ1) is 16.2. The molecule has 1 unspecified atom stereocenters. The monoisotopic (exact) mass is 336 g/mol. The number of methoxy groups -OCH3 is 1. The molecule has 0 aliphatic carbocycles. The predicted molar refractivity (Wildman–Crippen MR) is 88.1 cm³/mol. The Morgan fingerprint density at radius 1 is 1.30 bits per heavy atom. The number of aryl methyl sites for hydroxylation is 1. The third-order valence-corrected chi connectivity index (χ3v) is 6.17. The Morgan fingerprint density at radius 3 is 2.83 bits per heavy atom. The molecule has 0 spiro atoms. The van der Waals surface area contributed by atoms with Crippen LogP contribution in [-0.2, 0) is 14.8 Å². The van der Waals surface area contributed by atoms with Gasteiger partial charge in [0, 0.05) is 31.3 Å². The van der Waals surface area contributed by atoms with Gasteiger partial charge in [0.2, 0.25) is 10.0 Å². The van der Waals surface area contributed by atoms with E-state index in [2.05, 4.69) is 4.98 Å². The van der Waals surface area contributed by atoms with Crippen molar-refractivity contribution in [3.63, 3.8) is 0 Å². The Kier molecular flexibility index (Phi) is 4.27. The molecule has 23 heavy (non-hydrogen) atoms. The molecule has 0 saturated carbocycles. The Labute approximate surface area is 135 Å². The second-order valence-corrected chi connectivity index (χ2v) is 7.83. The summed E-state index contributed by atoms with van der Waals surface area (Å²) in [6, 6.07) is 6.51. The summed E-state index contributed by atoms with van der Waals surface area (Å²) < 4.78 is 32.5. The fraction of sp³-hybridized carbons (Fsp3) is 0.438. The van der Waals surface area contributed by atoms with E-state index in [1.54, 1.807) is 38.3 Å². The maximum Gasteiger partial charge on any atom is 0.251 e. The molecule has 6 nitrogen and oxygen atoms in total. The highest BCUT2D eigenvalue weighted by Crippen LogP contribution is 2.24. The molecule has 7 heteroatoms. The van der Waals surface area contributed by atoms with Crippen LogP contribution in [0.2, 0.25) is 0 Å². The van der Waals surface area contributed by atoms with Crippen molar-refractivity contribution in [2.24, 2.45) is 0 Å². The summed E-state index contributed by atoms with van der Waals surface area (Å²) in [6.07, 6.45) is 1.61. The fourth-order valence-corrected chi connectivity index (χ4v) is 4.47. The standard InChI is InChI=1S/C16H20N2O4S/c1-11-8-12-9-14(5-6-15(12)17-16(11)19)23(20,21)18-7-3-4-13(10-18)22-2/h5-6,8-9,13H,3-4,7,10H2,1-2H3,(H,17,19). The van der Waals surface area contributed by atoms with Gasteiger partial charge >= 0.3 is 0 Å². The number of rotatable bonds is 3. The molecule has 1 aromatic carbocycles. The van der Waals surface area contributed by atoms with Gasteiger partial charge in [-0.05, 0) is 49.4 Å². The van der Waals surface area contributed by atoms with E-state index in [4.69, 9.17) is 4.74 Å². The summed E-state index contributed by atoms with van der Waals surface area (Å²) in [5, 5.41) is 0.712. The van der Waals surface area contributed by atoms with Crippen LogP contribution in [0.4, 0.5) is 0 Å². The number of benzene rings is 1. The van der Waals surface area contributed by atoms with E-state index in [1.165, 1.54) is 4.31 Å². The smallest absolute Gasteiger partial charge is 0.251 e. The van der Waals surface area contributed by atoms with Crippen LogP contribution in [0.3, 0.4) is 0 Å². The Bertz CT molecular complexity index is 889. The van der Waals surface area contributed by atoms with Gasteiger partial charge in [0.1, 0.15) is 0 Å². The van der Waals surface area contributed by atoms with Crippen molar-refractivity contribution in [1.29, 1.82) is 0 Å². The van der Waals surface area contributed by atoms with Gasteiger partial charge in [-0.25, -0.2) is 8.42 Å². The molecule has 3 rings (SSSR count). The SMILES string of the molecule is COC1CCCN(S(=O)(=O)c2ccc3[nH]c(=O)c(C)cc3c2)C1. The molecular formula is C16H20N2O4S. The van der Waals surface area contributed by atoms with Crippen LogP contribution in [0.5, 0.6) is 0 Å². The average molecular weight is 336 g/mol. The molecule has 1 N–H and O–H groups in total. The van der Waals surface area contributed by atoms with Crippen LogP contribution >= 0.6 is 0 Å². The highest BCUT2D eigenvalue weighted by atomic mass is 32.2. The number of nitrogens with zero attached hydrogens (tertiary/aromatic N) is 1. The molecule has 2 heterocycles. The van der Waals surface area contributed by atoms with Gasteiger partial charge in [0.05, 0.1) is 11.0 Å². The van der Waals surface area contributed by atoms with E-state index in [0.717, 1.165) is 12.8 Å². The molecule has 0 amide bonds. The quantitative estimate of drug-likeness (QED) is 0.924. The number of ether oxygens (including phenoxy) is 1. The molecule has 0 bridgehead atoms. The molecule has 0 radical (unpaired) electrons. The van der Waals surface area contributed by atoms with E-state index < -0.39 is 10.0 Å². The van der Waals surface area contributed by atoms with Gasteiger partial charge in [0.25, 0.3) is 5.56 Å². The molecule has 1 saturated heterocycles. The van der Waals surface area contributed by atoms with Crippen molar-refractivity contribution >= 4 is 20.9 Å². The van der Waals surface area contributed by atoms with E-state index in [9.17, 15) is 13.2 Å². The molecule has 1 atom stereocenters. The summed E-state index contributed by atoms with van der Waals surface area (Å²) in [5.74, 6) is 0. The van der Waals surface area contributed by atoms with E-state index in [1.807, 2.05) is 0 Å². The third kappa shape index (κ3) is 3.04. The fourth-order valence-electron chi connectivity index (χ4n) is 2.92. The van der Waals surface area contributed by atoms with Crippen molar-refractivity contribution in [3.05, 3.63) is 40.2 Å². The first-order valence-electron chi connectivity index (χ1n) is 7.58. The van der Waals surface area contributed by atoms with Crippen LogP contribution < -0.4 is 5.56 Å². The number of piperidine rings is 1. The number of aromatic nitrogens is 1. The lowest BCUT2D eigenvalue weighted by atomic mass is 10.1. The zero-order chi connectivity index (χ0) is 16.6. The van der Waals surface area contributed by atoms with Gasteiger partial charge in [-0.15, -0.1) is 0 Å². The molecule has 124 valence electrons. The Hall–Kier alpha value is -1.70. The zero-order valence-electron chi connectivity index (χ0n) is 13.2. The number of H-pyrrole nitrogens is 1. The molecule has 2 aromatic rings. The zero-order valence-corrected chi connectivity index (χ0v) is 14.0. The lowest BCUT2D eigenvalue weighted by molar-refractivity contribution is 0.0572. The Balaban J connectivity index is 2.01. The minimum absolute atomic E-state index is 0.0578. The topological polar surface area (TPSA) is 79.5 Å². The molecule has 1 aliphatic heterocycles. The molecule has 1 fully saturated rings. The van der Waals surface area contributed by atoms with Crippen LogP contribution in [0.15, 0.2) is 34.0 Å². The number of hydrogen-bond acceptors (Lipinski definition) is 4. The number of nitrogens with one attached hydrogen (secondary N) is 1. The van der Waals surface area contributed by atoms with E-state index in [0.29, 0.717) is 29.6 Å². The lowest BCUT2D eigenvalue weighted by Gasteiger charge is -2.31. The first-order chi connectivity index (χ1) is 10.9. The first-order valence-corrected chi connectivity index (χ1v) is 9.02. The number of sulfonamides is 1. The normalized spacial score (nSPS) is 20.0. The minimum Gasteiger partial charge on any atom is -0.380 e. The predicted octanol–water partition coefficient (Wildman–Crippen LogP) is 1.64. The van der Waals surface area contributed by atoms with Crippen molar-refractivity contribution in [3.8, 4) is 0 Å². The second-order valence-electron chi connectivity index (χ2n) is 5.89. The van der Waals surface area contributed by atoms with Gasteiger partial charge in [-0.2, -0.15) is 4.31 Å². The van der Waals surface area contributed by atoms with Crippen LogP contribution in [0.25, 0.3) is 10.9 Å². The van der Waals surface area contributed by atoms with Crippen molar-refractivity contribution in [2.75, 3.05) is 20.2 Å². The summed E-state index contributed by atoms with van der Waals surface area (Å²) in [7, 11) is -1.95. The third-order valence-electron chi connectivity index (χ3n) is 4.31. The van der Waals surface area contributed by atoms with Crippen molar-refractivity contribution in [2.45, 2.75) is 30.8 Å². The summed E-state index contributed by atoms with van der Waals surface area (Å²) in [6.45, 7) is 2.58. The summed E-state index contributed by atoms with van der Waals surface area (Å²) >= 11 is 0. The summed E-state index contributed by atoms with van der Waals surface area (Å²) in [4.78, 5) is 14.6. The van der Waals surface area contributed by atoms with Crippen LogP contribution in [0.1, 0.15) is 18.4 Å². The average Bonchev–Trinajstić information content (AvgIpc) is 2.55. The number of hydrogen-bond donors (Lipinski definition) is 1. The van der Waals surface area contributed by atoms with E-state index >= 15 is 0 Å². The molecule has 1 aromatic heterocycles. The maximum atomic E-state index is 12.8. The molecular weight excluding hydrogens is 316 g/mol. The van der Waals surface area contributed by atoms with Gasteiger partial charge < -0.3 is 9.72 Å². The second kappa shape index (κ2) is 6.07. The van der Waals surface area contributed by atoms with Gasteiger partial charge in [-0.3, -0.25) is 4.79 Å². The number of pyridine rings is 1. The number of aromatic amines is 1. The van der Waals surface area contributed by atoms with Gasteiger partial charge in [-0.1, -0.05) is 0 Å². The van der Waals surface area contributed by atoms with Crippen molar-refractivity contribution < 1.29 is 13.2 Å².